The van der Waals surface area contributed by atoms with Gasteiger partial charge in [0.1, 0.15) is 12.6 Å². The molecule has 2 aliphatic rings. The SMILES string of the molecule is COCCOc1nc(OC(=O)N[C@@H](CC2CC2)C(N)=O)ccc1C1CC1. The van der Waals surface area contributed by atoms with Crippen LogP contribution in [-0.4, -0.2) is 43.3 Å². The van der Waals surface area contributed by atoms with Gasteiger partial charge in [-0.25, -0.2) is 4.79 Å². The van der Waals surface area contributed by atoms with Crippen molar-refractivity contribution in [3.05, 3.63) is 17.7 Å². The van der Waals surface area contributed by atoms with Crippen molar-refractivity contribution >= 4 is 12.0 Å². The van der Waals surface area contributed by atoms with E-state index in [2.05, 4.69) is 10.3 Å². The highest BCUT2D eigenvalue weighted by molar-refractivity contribution is 5.84. The standard InChI is InChI=1S/C18H25N3O5/c1-24-8-9-25-17-13(12-4-5-12)6-7-15(21-17)26-18(23)20-14(16(19)22)10-11-2-3-11/h6-7,11-12,14H,2-5,8-10H2,1H3,(H2,19,22)(H,20,23)/t14-/m0/s1. The molecule has 142 valence electrons. The van der Waals surface area contributed by atoms with Gasteiger partial charge in [0.25, 0.3) is 0 Å². The minimum absolute atomic E-state index is 0.119. The van der Waals surface area contributed by atoms with E-state index in [1.54, 1.807) is 13.2 Å². The Labute approximate surface area is 152 Å². The van der Waals surface area contributed by atoms with Crippen LogP contribution in [0, 0.1) is 5.92 Å². The third-order valence-electron chi connectivity index (χ3n) is 4.51. The maximum absolute atomic E-state index is 12.1. The van der Waals surface area contributed by atoms with Crippen molar-refractivity contribution in [3.8, 4) is 11.8 Å². The highest BCUT2D eigenvalue weighted by Gasteiger charge is 2.30. The van der Waals surface area contributed by atoms with E-state index in [9.17, 15) is 9.59 Å². The summed E-state index contributed by atoms with van der Waals surface area (Å²) in [5.74, 6) is 0.910. The summed E-state index contributed by atoms with van der Waals surface area (Å²) in [5, 5.41) is 2.52. The summed E-state index contributed by atoms with van der Waals surface area (Å²) in [5.41, 5.74) is 6.36. The van der Waals surface area contributed by atoms with Crippen LogP contribution in [0.2, 0.25) is 0 Å². The van der Waals surface area contributed by atoms with Crippen molar-refractivity contribution in [1.29, 1.82) is 0 Å². The number of nitrogens with two attached hydrogens (primary N) is 1. The lowest BCUT2D eigenvalue weighted by molar-refractivity contribution is -0.120. The van der Waals surface area contributed by atoms with Crippen LogP contribution in [0.4, 0.5) is 4.79 Å². The Morgan fingerprint density at radius 2 is 2.04 bits per heavy atom. The Morgan fingerprint density at radius 3 is 2.65 bits per heavy atom. The molecule has 2 aliphatic carbocycles. The predicted molar refractivity (Wildman–Crippen MR) is 93.1 cm³/mol. The van der Waals surface area contributed by atoms with Crippen LogP contribution < -0.4 is 20.5 Å². The van der Waals surface area contributed by atoms with Crippen molar-refractivity contribution < 1.29 is 23.8 Å². The first-order valence-corrected chi connectivity index (χ1v) is 8.97. The van der Waals surface area contributed by atoms with Gasteiger partial charge in [-0.05, 0) is 37.2 Å². The number of amides is 2. The van der Waals surface area contributed by atoms with Crippen molar-refractivity contribution in [1.82, 2.24) is 10.3 Å². The third kappa shape index (κ3) is 5.32. The first-order chi connectivity index (χ1) is 12.6. The lowest BCUT2D eigenvalue weighted by atomic mass is 10.1. The normalized spacial score (nSPS) is 17.4. The number of carbonyl (C=O) groups is 2. The van der Waals surface area contributed by atoms with Crippen LogP contribution in [0.5, 0.6) is 11.8 Å². The Kier molecular flexibility index (Phi) is 5.92. The summed E-state index contributed by atoms with van der Waals surface area (Å²) in [6.07, 6.45) is 4.13. The third-order valence-corrected chi connectivity index (χ3v) is 4.51. The molecular formula is C18H25N3O5. The van der Waals surface area contributed by atoms with Crippen molar-refractivity contribution in [2.75, 3.05) is 20.3 Å². The number of aromatic nitrogens is 1. The Morgan fingerprint density at radius 1 is 1.27 bits per heavy atom. The minimum Gasteiger partial charge on any atom is -0.475 e. The molecule has 0 aliphatic heterocycles. The van der Waals surface area contributed by atoms with Gasteiger partial charge in [0.15, 0.2) is 0 Å². The van der Waals surface area contributed by atoms with E-state index in [4.69, 9.17) is 19.9 Å². The lowest BCUT2D eigenvalue weighted by Gasteiger charge is -2.15. The molecule has 8 heteroatoms. The van der Waals surface area contributed by atoms with Crippen LogP contribution in [0.25, 0.3) is 0 Å². The molecular weight excluding hydrogens is 338 g/mol. The smallest absolute Gasteiger partial charge is 0.414 e. The first kappa shape index (κ1) is 18.4. The second kappa shape index (κ2) is 8.35. The lowest BCUT2D eigenvalue weighted by Crippen LogP contribution is -2.45. The zero-order chi connectivity index (χ0) is 18.5. The van der Waals surface area contributed by atoms with Crippen molar-refractivity contribution in [3.63, 3.8) is 0 Å². The molecule has 3 N–H and O–H groups in total. The fourth-order valence-corrected chi connectivity index (χ4v) is 2.73. The Bertz CT molecular complexity index is 658. The quantitative estimate of drug-likeness (QED) is 0.612. The number of nitrogens with zero attached hydrogens (tertiary/aromatic N) is 1. The first-order valence-electron chi connectivity index (χ1n) is 8.97. The van der Waals surface area contributed by atoms with Crippen LogP contribution in [0.3, 0.4) is 0 Å². The average Bonchev–Trinajstić information content (AvgIpc) is 3.49. The van der Waals surface area contributed by atoms with Crippen molar-refractivity contribution in [2.45, 2.75) is 44.1 Å². The molecule has 3 rings (SSSR count). The zero-order valence-electron chi connectivity index (χ0n) is 14.9. The summed E-state index contributed by atoms with van der Waals surface area (Å²) in [6.45, 7) is 0.808. The summed E-state index contributed by atoms with van der Waals surface area (Å²) in [6, 6.07) is 2.78. The van der Waals surface area contributed by atoms with E-state index in [0.717, 1.165) is 31.2 Å². The van der Waals surface area contributed by atoms with E-state index >= 15 is 0 Å². The molecule has 2 fully saturated rings. The number of carbonyl (C=O) groups excluding carboxylic acids is 2. The molecule has 0 aromatic carbocycles. The van der Waals surface area contributed by atoms with Crippen LogP contribution in [0.15, 0.2) is 12.1 Å². The second-order valence-electron chi connectivity index (χ2n) is 6.83. The summed E-state index contributed by atoms with van der Waals surface area (Å²) in [7, 11) is 1.60. The molecule has 0 bridgehead atoms. The highest BCUT2D eigenvalue weighted by Crippen LogP contribution is 2.44. The molecule has 26 heavy (non-hydrogen) atoms. The van der Waals surface area contributed by atoms with E-state index in [1.807, 2.05) is 6.07 Å². The second-order valence-corrected chi connectivity index (χ2v) is 6.83. The number of hydrogen-bond acceptors (Lipinski definition) is 6. The van der Waals surface area contributed by atoms with Gasteiger partial charge >= 0.3 is 6.09 Å². The maximum atomic E-state index is 12.1. The summed E-state index contributed by atoms with van der Waals surface area (Å²) < 4.78 is 15.9. The minimum atomic E-state index is -0.746. The molecule has 0 saturated heterocycles. The van der Waals surface area contributed by atoms with Gasteiger partial charge in [-0.3, -0.25) is 4.79 Å². The molecule has 0 spiro atoms. The van der Waals surface area contributed by atoms with Crippen LogP contribution in [0.1, 0.15) is 43.6 Å². The number of pyridine rings is 1. The molecule has 8 nitrogen and oxygen atoms in total. The van der Waals surface area contributed by atoms with Crippen molar-refractivity contribution in [2.24, 2.45) is 11.7 Å². The Hall–Kier alpha value is -2.35. The van der Waals surface area contributed by atoms with Crippen LogP contribution >= 0.6 is 0 Å². The topological polar surface area (TPSA) is 113 Å². The Balaban J connectivity index is 1.61. The molecule has 1 atom stereocenters. The molecule has 1 heterocycles. The van der Waals surface area contributed by atoms with E-state index in [-0.39, 0.29) is 5.88 Å². The van der Waals surface area contributed by atoms with Gasteiger partial charge < -0.3 is 25.3 Å². The molecule has 0 radical (unpaired) electrons. The molecule has 2 saturated carbocycles. The van der Waals surface area contributed by atoms with Crippen LogP contribution in [-0.2, 0) is 9.53 Å². The molecule has 2 amide bonds. The number of hydrogen-bond donors (Lipinski definition) is 2. The fourth-order valence-electron chi connectivity index (χ4n) is 2.73. The number of nitrogens with one attached hydrogen (secondary N) is 1. The number of primary amides is 1. The number of methoxy groups -OCH3 is 1. The van der Waals surface area contributed by atoms with Gasteiger partial charge in [0.2, 0.25) is 17.7 Å². The van der Waals surface area contributed by atoms with Gasteiger partial charge in [0, 0.05) is 18.7 Å². The number of rotatable bonds is 10. The predicted octanol–water partition coefficient (Wildman–Crippen LogP) is 1.73. The van der Waals surface area contributed by atoms with Gasteiger partial charge in [0.05, 0.1) is 6.61 Å². The van der Waals surface area contributed by atoms with E-state index in [1.165, 1.54) is 0 Å². The molecule has 1 aromatic rings. The summed E-state index contributed by atoms with van der Waals surface area (Å²) >= 11 is 0. The number of ether oxygens (including phenoxy) is 3. The van der Waals surface area contributed by atoms with E-state index in [0.29, 0.717) is 37.4 Å². The summed E-state index contributed by atoms with van der Waals surface area (Å²) in [4.78, 5) is 27.9. The molecule has 1 aromatic heterocycles. The maximum Gasteiger partial charge on any atom is 0.414 e. The van der Waals surface area contributed by atoms with Gasteiger partial charge in [-0.15, -0.1) is 0 Å². The van der Waals surface area contributed by atoms with Gasteiger partial charge in [-0.2, -0.15) is 4.98 Å². The largest absolute Gasteiger partial charge is 0.475 e. The monoisotopic (exact) mass is 363 g/mol. The van der Waals surface area contributed by atoms with Gasteiger partial charge in [-0.1, -0.05) is 12.8 Å². The fraction of sp³-hybridized carbons (Fsp3) is 0.611. The molecule has 0 unspecified atom stereocenters. The average molecular weight is 363 g/mol. The zero-order valence-corrected chi connectivity index (χ0v) is 14.9. The van der Waals surface area contributed by atoms with E-state index < -0.39 is 18.0 Å². The highest BCUT2D eigenvalue weighted by atomic mass is 16.6.